The van der Waals surface area contributed by atoms with Crippen molar-refractivity contribution in [3.8, 4) is 0 Å². The molecule has 0 spiro atoms. The van der Waals surface area contributed by atoms with Crippen molar-refractivity contribution in [1.82, 2.24) is 4.90 Å². The van der Waals surface area contributed by atoms with Gasteiger partial charge in [-0.1, -0.05) is 20.8 Å². The van der Waals surface area contributed by atoms with Gasteiger partial charge in [-0.2, -0.15) is 0 Å². The van der Waals surface area contributed by atoms with E-state index in [1.165, 1.54) is 6.07 Å². The quantitative estimate of drug-likeness (QED) is 0.908. The van der Waals surface area contributed by atoms with Crippen LogP contribution in [0.3, 0.4) is 0 Å². The standard InChI is InChI=1S/C17H22F2N2O2/c1-17(2,3)16(23)21-8-4-5-11(10-21)15(22)20-14-7-6-12(18)9-13(14)19/h6-7,9,11H,4-5,8,10H2,1-3H3,(H,20,22)/t11-/m1/s1. The van der Waals surface area contributed by atoms with Crippen LogP contribution in [0.15, 0.2) is 18.2 Å². The molecule has 1 aliphatic rings. The predicted molar refractivity (Wildman–Crippen MR) is 83.7 cm³/mol. The van der Waals surface area contributed by atoms with E-state index in [4.69, 9.17) is 0 Å². The van der Waals surface area contributed by atoms with Crippen molar-refractivity contribution in [3.05, 3.63) is 29.8 Å². The van der Waals surface area contributed by atoms with E-state index < -0.39 is 17.0 Å². The largest absolute Gasteiger partial charge is 0.341 e. The molecule has 1 atom stereocenters. The van der Waals surface area contributed by atoms with Crippen LogP contribution >= 0.6 is 0 Å². The zero-order chi connectivity index (χ0) is 17.2. The maximum atomic E-state index is 13.6. The van der Waals surface area contributed by atoms with Crippen molar-refractivity contribution in [2.75, 3.05) is 18.4 Å². The van der Waals surface area contributed by atoms with Gasteiger partial charge in [0.1, 0.15) is 11.6 Å². The van der Waals surface area contributed by atoms with Gasteiger partial charge in [-0.05, 0) is 25.0 Å². The molecule has 0 unspecified atom stereocenters. The molecule has 0 aromatic heterocycles. The minimum absolute atomic E-state index is 0.00274. The number of likely N-dealkylation sites (tertiary alicyclic amines) is 1. The number of nitrogens with one attached hydrogen (secondary N) is 1. The molecular weight excluding hydrogens is 302 g/mol. The summed E-state index contributed by atoms with van der Waals surface area (Å²) in [6.07, 6.45) is 1.37. The van der Waals surface area contributed by atoms with Crippen LogP contribution in [0.4, 0.5) is 14.5 Å². The van der Waals surface area contributed by atoms with Crippen molar-refractivity contribution in [2.45, 2.75) is 33.6 Å². The number of carbonyl (C=O) groups is 2. The Morgan fingerprint density at radius 3 is 2.57 bits per heavy atom. The number of amides is 2. The van der Waals surface area contributed by atoms with E-state index in [1.807, 2.05) is 20.8 Å². The molecular formula is C17H22F2N2O2. The van der Waals surface area contributed by atoms with Crippen LogP contribution in [0.1, 0.15) is 33.6 Å². The Labute approximate surface area is 134 Å². The number of nitrogens with zero attached hydrogens (tertiary/aromatic N) is 1. The first-order valence-corrected chi connectivity index (χ1v) is 7.74. The van der Waals surface area contributed by atoms with Crippen LogP contribution in [0.2, 0.25) is 0 Å². The second-order valence-electron chi connectivity index (χ2n) is 6.95. The van der Waals surface area contributed by atoms with Crippen LogP contribution in [0.5, 0.6) is 0 Å². The van der Waals surface area contributed by atoms with Gasteiger partial charge in [-0.15, -0.1) is 0 Å². The minimum atomic E-state index is -0.809. The van der Waals surface area contributed by atoms with Gasteiger partial charge >= 0.3 is 0 Å². The summed E-state index contributed by atoms with van der Waals surface area (Å²) >= 11 is 0. The first-order valence-electron chi connectivity index (χ1n) is 7.74. The zero-order valence-corrected chi connectivity index (χ0v) is 13.7. The Kier molecular flexibility index (Phi) is 5.02. The Morgan fingerprint density at radius 1 is 1.26 bits per heavy atom. The van der Waals surface area contributed by atoms with Crippen LogP contribution < -0.4 is 5.32 Å². The molecule has 0 aliphatic carbocycles. The minimum Gasteiger partial charge on any atom is -0.341 e. The monoisotopic (exact) mass is 324 g/mol. The van der Waals surface area contributed by atoms with E-state index >= 15 is 0 Å². The Bertz CT molecular complexity index is 611. The Morgan fingerprint density at radius 2 is 1.96 bits per heavy atom. The molecule has 0 bridgehead atoms. The van der Waals surface area contributed by atoms with Crippen LogP contribution in [0, 0.1) is 23.0 Å². The fraction of sp³-hybridized carbons (Fsp3) is 0.529. The zero-order valence-electron chi connectivity index (χ0n) is 13.7. The summed E-state index contributed by atoms with van der Waals surface area (Å²) in [5, 5.41) is 2.49. The number of benzene rings is 1. The highest BCUT2D eigenvalue weighted by Gasteiger charge is 2.33. The topological polar surface area (TPSA) is 49.4 Å². The van der Waals surface area contributed by atoms with Gasteiger partial charge in [0.2, 0.25) is 11.8 Å². The summed E-state index contributed by atoms with van der Waals surface area (Å²) < 4.78 is 26.5. The second kappa shape index (κ2) is 6.64. The van der Waals surface area contributed by atoms with Crippen LogP contribution in [-0.2, 0) is 9.59 Å². The molecule has 2 amide bonds. The third kappa shape index (κ3) is 4.27. The second-order valence-corrected chi connectivity index (χ2v) is 6.95. The van der Waals surface area contributed by atoms with Crippen LogP contribution in [-0.4, -0.2) is 29.8 Å². The summed E-state index contributed by atoms with van der Waals surface area (Å²) in [5.41, 5.74) is -0.544. The smallest absolute Gasteiger partial charge is 0.229 e. The van der Waals surface area contributed by atoms with Crippen molar-refractivity contribution < 1.29 is 18.4 Å². The Balaban J connectivity index is 2.03. The Hall–Kier alpha value is -1.98. The van der Waals surface area contributed by atoms with Gasteiger partial charge < -0.3 is 10.2 Å². The summed E-state index contributed by atoms with van der Waals surface area (Å²) in [5.74, 6) is -2.23. The SMILES string of the molecule is CC(C)(C)C(=O)N1CCC[C@@H](C(=O)Nc2ccc(F)cc2F)C1. The van der Waals surface area contributed by atoms with Crippen molar-refractivity contribution in [3.63, 3.8) is 0 Å². The van der Waals surface area contributed by atoms with Crippen molar-refractivity contribution >= 4 is 17.5 Å². The molecule has 23 heavy (non-hydrogen) atoms. The first-order chi connectivity index (χ1) is 10.7. The summed E-state index contributed by atoms with van der Waals surface area (Å²) in [4.78, 5) is 26.3. The van der Waals surface area contributed by atoms with Gasteiger partial charge in [0.15, 0.2) is 0 Å². The normalized spacial score (nSPS) is 18.7. The number of carbonyl (C=O) groups excluding carboxylic acids is 2. The molecule has 2 rings (SSSR count). The molecule has 1 N–H and O–H groups in total. The summed E-state index contributed by atoms with van der Waals surface area (Å²) in [6.45, 7) is 6.47. The van der Waals surface area contributed by atoms with E-state index in [9.17, 15) is 18.4 Å². The summed E-state index contributed by atoms with van der Waals surface area (Å²) in [6, 6.07) is 3.02. The highest BCUT2D eigenvalue weighted by Crippen LogP contribution is 2.25. The molecule has 6 heteroatoms. The molecule has 1 saturated heterocycles. The summed E-state index contributed by atoms with van der Waals surface area (Å²) in [7, 11) is 0. The number of rotatable bonds is 2. The lowest BCUT2D eigenvalue weighted by molar-refractivity contribution is -0.142. The predicted octanol–water partition coefficient (Wildman–Crippen LogP) is 3.19. The molecule has 1 heterocycles. The molecule has 1 fully saturated rings. The van der Waals surface area contributed by atoms with E-state index in [2.05, 4.69) is 5.32 Å². The molecule has 1 aliphatic heterocycles. The van der Waals surface area contributed by atoms with Gasteiger partial charge in [-0.3, -0.25) is 9.59 Å². The van der Waals surface area contributed by atoms with E-state index in [-0.39, 0.29) is 23.4 Å². The van der Waals surface area contributed by atoms with Crippen molar-refractivity contribution in [2.24, 2.45) is 11.3 Å². The van der Waals surface area contributed by atoms with Gasteiger partial charge in [0, 0.05) is 24.6 Å². The fourth-order valence-corrected chi connectivity index (χ4v) is 2.68. The molecule has 126 valence electrons. The highest BCUT2D eigenvalue weighted by molar-refractivity contribution is 5.93. The molecule has 0 saturated carbocycles. The number of anilines is 1. The maximum absolute atomic E-state index is 13.6. The maximum Gasteiger partial charge on any atom is 0.229 e. The van der Waals surface area contributed by atoms with Crippen LogP contribution in [0.25, 0.3) is 0 Å². The van der Waals surface area contributed by atoms with E-state index in [1.54, 1.807) is 4.90 Å². The van der Waals surface area contributed by atoms with E-state index in [0.717, 1.165) is 18.6 Å². The lowest BCUT2D eigenvalue weighted by Crippen LogP contribution is -2.47. The number of hydrogen-bond donors (Lipinski definition) is 1. The highest BCUT2D eigenvalue weighted by atomic mass is 19.1. The number of piperidine rings is 1. The van der Waals surface area contributed by atoms with Gasteiger partial charge in [0.05, 0.1) is 11.6 Å². The van der Waals surface area contributed by atoms with Crippen molar-refractivity contribution in [1.29, 1.82) is 0 Å². The lowest BCUT2D eigenvalue weighted by atomic mass is 9.91. The third-order valence-electron chi connectivity index (χ3n) is 3.91. The third-order valence-corrected chi connectivity index (χ3v) is 3.91. The average Bonchev–Trinajstić information content (AvgIpc) is 2.48. The molecule has 4 nitrogen and oxygen atoms in total. The first kappa shape index (κ1) is 17.4. The molecule has 1 aromatic rings. The molecule has 0 radical (unpaired) electrons. The fourth-order valence-electron chi connectivity index (χ4n) is 2.68. The van der Waals surface area contributed by atoms with Gasteiger partial charge in [0.25, 0.3) is 0 Å². The number of halogens is 2. The molecule has 1 aromatic carbocycles. The number of hydrogen-bond acceptors (Lipinski definition) is 2. The average molecular weight is 324 g/mol. The van der Waals surface area contributed by atoms with E-state index in [0.29, 0.717) is 19.5 Å². The van der Waals surface area contributed by atoms with Gasteiger partial charge in [-0.25, -0.2) is 8.78 Å². The lowest BCUT2D eigenvalue weighted by Gasteiger charge is -2.35.